The van der Waals surface area contributed by atoms with E-state index >= 15 is 0 Å². The van der Waals surface area contributed by atoms with Gasteiger partial charge in [-0.25, -0.2) is 0 Å². The Bertz CT molecular complexity index is 987. The summed E-state index contributed by atoms with van der Waals surface area (Å²) in [6.07, 6.45) is 15.5. The van der Waals surface area contributed by atoms with Crippen molar-refractivity contribution in [3.8, 4) is 6.07 Å². The highest BCUT2D eigenvalue weighted by molar-refractivity contribution is 6.01. The fourth-order valence-corrected chi connectivity index (χ4v) is 4.73. The van der Waals surface area contributed by atoms with Crippen LogP contribution in [-0.4, -0.2) is 12.6 Å². The summed E-state index contributed by atoms with van der Waals surface area (Å²) in [7, 11) is 0. The molecule has 0 saturated carbocycles. The number of benzene rings is 1. The summed E-state index contributed by atoms with van der Waals surface area (Å²) in [6.45, 7) is 9.41. The molecular weight excluding hydrogens is 356 g/mol. The van der Waals surface area contributed by atoms with Crippen LogP contribution in [0.1, 0.15) is 55.7 Å². The Kier molecular flexibility index (Phi) is 5.24. The number of nitrogens with two attached hydrogens (primary N) is 1. The average Bonchev–Trinajstić information content (AvgIpc) is 2.73. The van der Waals surface area contributed by atoms with Crippen molar-refractivity contribution in [2.24, 2.45) is 0 Å². The minimum absolute atomic E-state index is 0.345. The molecule has 1 unspecified atom stereocenters. The molecule has 0 saturated heterocycles. The largest absolute Gasteiger partial charge is 0.398 e. The van der Waals surface area contributed by atoms with Gasteiger partial charge in [-0.05, 0) is 63.5 Å². The molecule has 0 aromatic heterocycles. The summed E-state index contributed by atoms with van der Waals surface area (Å²) in [5, 5.41) is 13.3. The van der Waals surface area contributed by atoms with Crippen molar-refractivity contribution < 1.29 is 0 Å². The van der Waals surface area contributed by atoms with E-state index in [4.69, 9.17) is 5.73 Å². The van der Waals surface area contributed by atoms with Gasteiger partial charge >= 0.3 is 0 Å². The summed E-state index contributed by atoms with van der Waals surface area (Å²) >= 11 is 0. The van der Waals surface area contributed by atoms with E-state index in [-0.39, 0.29) is 0 Å². The van der Waals surface area contributed by atoms with Gasteiger partial charge in [-0.2, -0.15) is 5.26 Å². The van der Waals surface area contributed by atoms with E-state index in [1.54, 1.807) is 0 Å². The van der Waals surface area contributed by atoms with E-state index in [0.717, 1.165) is 60.3 Å². The van der Waals surface area contributed by atoms with E-state index in [0.29, 0.717) is 11.6 Å². The zero-order valence-corrected chi connectivity index (χ0v) is 17.5. The Labute approximate surface area is 174 Å². The number of nitrogen functional groups attached to an aromatic ring is 1. The lowest BCUT2D eigenvalue weighted by Crippen LogP contribution is -2.36. The van der Waals surface area contributed by atoms with Gasteiger partial charge in [0.25, 0.3) is 0 Å². The third-order valence-corrected chi connectivity index (χ3v) is 6.45. The molecule has 150 valence electrons. The predicted octanol–water partition coefficient (Wildman–Crippen LogP) is 5.62. The molecular formula is C25H30N4. The lowest BCUT2D eigenvalue weighted by atomic mass is 9.83. The lowest BCUT2D eigenvalue weighted by Gasteiger charge is -2.41. The number of hydrogen-bond acceptors (Lipinski definition) is 4. The number of allylic oxidation sites excluding steroid dienone is 6. The number of nitrogens with one attached hydrogen (secondary N) is 1. The maximum Gasteiger partial charge on any atom is 0.101 e. The van der Waals surface area contributed by atoms with Gasteiger partial charge in [-0.1, -0.05) is 30.4 Å². The minimum Gasteiger partial charge on any atom is -0.398 e. The molecule has 2 aliphatic heterocycles. The van der Waals surface area contributed by atoms with Crippen LogP contribution in [0.3, 0.4) is 0 Å². The van der Waals surface area contributed by atoms with E-state index < -0.39 is 0 Å². The van der Waals surface area contributed by atoms with Gasteiger partial charge < -0.3 is 16.0 Å². The molecule has 0 bridgehead atoms. The molecule has 4 rings (SSSR count). The maximum absolute atomic E-state index is 9.57. The van der Waals surface area contributed by atoms with Crippen LogP contribution in [0.5, 0.6) is 0 Å². The lowest BCUT2D eigenvalue weighted by molar-refractivity contribution is 0.611. The standard InChI is InChI=1S/C25H30N4/c1-16-11-12-21-24(28-13-7-10-19-8-5-4-6-9-19)18(3)23(27)22-17(2)20(14-26)15-29(16)25(21)22/h5,8-9,15-16,28H,2,4,6-7,10-13,27H2,1,3H3. The first-order valence-corrected chi connectivity index (χ1v) is 10.7. The highest BCUT2D eigenvalue weighted by Gasteiger charge is 2.34. The highest BCUT2D eigenvalue weighted by Crippen LogP contribution is 2.50. The molecule has 4 nitrogen and oxygen atoms in total. The zero-order valence-electron chi connectivity index (χ0n) is 17.5. The van der Waals surface area contributed by atoms with Crippen molar-refractivity contribution >= 4 is 22.6 Å². The topological polar surface area (TPSA) is 65.1 Å². The molecule has 1 aromatic carbocycles. The zero-order chi connectivity index (χ0) is 20.5. The first-order chi connectivity index (χ1) is 14.0. The van der Waals surface area contributed by atoms with E-state index in [2.05, 4.69) is 54.9 Å². The molecule has 1 aliphatic carbocycles. The van der Waals surface area contributed by atoms with E-state index in [9.17, 15) is 5.26 Å². The van der Waals surface area contributed by atoms with E-state index in [1.807, 2.05) is 6.20 Å². The third-order valence-electron chi connectivity index (χ3n) is 6.45. The SMILES string of the molecule is C=C1C(C#N)=CN2c3c(c(NCCCC4=CCCC=C4)c(C)c(N)c31)CCC2C. The van der Waals surface area contributed by atoms with Crippen LogP contribution in [0, 0.1) is 18.3 Å². The van der Waals surface area contributed by atoms with Gasteiger partial charge in [0, 0.05) is 41.3 Å². The van der Waals surface area contributed by atoms with Crippen LogP contribution in [0.25, 0.3) is 5.57 Å². The first kappa shape index (κ1) is 19.4. The molecule has 1 atom stereocenters. The van der Waals surface area contributed by atoms with Gasteiger partial charge in [-0.3, -0.25) is 0 Å². The molecule has 4 heteroatoms. The molecule has 3 aliphatic rings. The molecule has 1 aromatic rings. The molecule has 0 radical (unpaired) electrons. The molecule has 0 amide bonds. The van der Waals surface area contributed by atoms with Crippen molar-refractivity contribution in [1.82, 2.24) is 0 Å². The normalized spacial score (nSPS) is 20.0. The average molecular weight is 387 g/mol. The minimum atomic E-state index is 0.345. The second-order valence-corrected chi connectivity index (χ2v) is 8.33. The summed E-state index contributed by atoms with van der Waals surface area (Å²) in [4.78, 5) is 2.24. The summed E-state index contributed by atoms with van der Waals surface area (Å²) in [5.41, 5.74) is 15.8. The third kappa shape index (κ3) is 3.35. The quantitative estimate of drug-likeness (QED) is 0.509. The van der Waals surface area contributed by atoms with Crippen LogP contribution >= 0.6 is 0 Å². The Balaban J connectivity index is 1.64. The maximum atomic E-state index is 9.57. The van der Waals surface area contributed by atoms with Crippen molar-refractivity contribution in [1.29, 1.82) is 5.26 Å². The summed E-state index contributed by atoms with van der Waals surface area (Å²) in [6, 6.07) is 2.64. The van der Waals surface area contributed by atoms with Gasteiger partial charge in [0.1, 0.15) is 6.07 Å². The van der Waals surface area contributed by atoms with Crippen LogP contribution < -0.4 is 16.0 Å². The van der Waals surface area contributed by atoms with Crippen molar-refractivity contribution in [2.45, 2.75) is 58.4 Å². The molecule has 0 fully saturated rings. The van der Waals surface area contributed by atoms with E-state index in [1.165, 1.54) is 29.7 Å². The summed E-state index contributed by atoms with van der Waals surface area (Å²) < 4.78 is 0. The fraction of sp³-hybridized carbons (Fsp3) is 0.400. The smallest absolute Gasteiger partial charge is 0.101 e. The second-order valence-electron chi connectivity index (χ2n) is 8.33. The van der Waals surface area contributed by atoms with Crippen LogP contribution in [-0.2, 0) is 6.42 Å². The fourth-order valence-electron chi connectivity index (χ4n) is 4.73. The van der Waals surface area contributed by atoms with Crippen molar-refractivity contribution in [3.63, 3.8) is 0 Å². The van der Waals surface area contributed by atoms with Gasteiger partial charge in [-0.15, -0.1) is 0 Å². The highest BCUT2D eigenvalue weighted by atomic mass is 15.2. The Morgan fingerprint density at radius 2 is 2.21 bits per heavy atom. The van der Waals surface area contributed by atoms with Crippen molar-refractivity contribution in [2.75, 3.05) is 22.5 Å². The first-order valence-electron chi connectivity index (χ1n) is 10.7. The van der Waals surface area contributed by atoms with Gasteiger partial charge in [0.15, 0.2) is 0 Å². The van der Waals surface area contributed by atoms with Gasteiger partial charge in [0.05, 0.1) is 11.3 Å². The monoisotopic (exact) mass is 386 g/mol. The number of anilines is 3. The van der Waals surface area contributed by atoms with Crippen LogP contribution in [0.2, 0.25) is 0 Å². The Morgan fingerprint density at radius 3 is 2.93 bits per heavy atom. The number of nitriles is 1. The van der Waals surface area contributed by atoms with Crippen LogP contribution in [0.4, 0.5) is 17.1 Å². The van der Waals surface area contributed by atoms with Crippen LogP contribution in [0.15, 0.2) is 42.2 Å². The number of nitrogens with zero attached hydrogens (tertiary/aromatic N) is 2. The molecule has 29 heavy (non-hydrogen) atoms. The molecule has 0 spiro atoms. The Morgan fingerprint density at radius 1 is 1.38 bits per heavy atom. The summed E-state index contributed by atoms with van der Waals surface area (Å²) in [5.74, 6) is 0. The van der Waals surface area contributed by atoms with Gasteiger partial charge in [0.2, 0.25) is 0 Å². The predicted molar refractivity (Wildman–Crippen MR) is 123 cm³/mol. The molecule has 3 N–H and O–H groups in total. The second kappa shape index (κ2) is 7.83. The number of hydrogen-bond donors (Lipinski definition) is 2. The number of rotatable bonds is 5. The Hall–Kier alpha value is -2.93. The van der Waals surface area contributed by atoms with Crippen molar-refractivity contribution in [3.05, 3.63) is 58.8 Å². The molecule has 2 heterocycles.